The van der Waals surface area contributed by atoms with Gasteiger partial charge in [-0.2, -0.15) is 0 Å². The van der Waals surface area contributed by atoms with Crippen molar-refractivity contribution in [3.8, 4) is 0 Å². The largest absolute Gasteiger partial charge is 0.452 e. The van der Waals surface area contributed by atoms with E-state index in [0.717, 1.165) is 6.42 Å². The molecule has 0 saturated heterocycles. The topological polar surface area (TPSA) is 92.8 Å². The van der Waals surface area contributed by atoms with E-state index in [1.165, 1.54) is 46.8 Å². The summed E-state index contributed by atoms with van der Waals surface area (Å²) in [7, 11) is -3.95. The lowest BCUT2D eigenvalue weighted by atomic mass is 10.2. The highest BCUT2D eigenvalue weighted by atomic mass is 32.2. The number of para-hydroxylation sites is 1. The molecular formula is C26H27FN2O5S. The first-order valence-electron chi connectivity index (χ1n) is 11.1. The molecule has 1 amide bonds. The van der Waals surface area contributed by atoms with Crippen LogP contribution in [0.5, 0.6) is 0 Å². The number of unbranched alkanes of at least 4 members (excludes halogenated alkanes) is 1. The van der Waals surface area contributed by atoms with E-state index in [4.69, 9.17) is 4.74 Å². The number of nitrogens with one attached hydrogen (secondary N) is 1. The smallest absolute Gasteiger partial charge is 0.338 e. The van der Waals surface area contributed by atoms with Crippen LogP contribution in [0.2, 0.25) is 0 Å². The summed E-state index contributed by atoms with van der Waals surface area (Å²) in [5.41, 5.74) is 1.18. The molecule has 0 fully saturated rings. The fourth-order valence-corrected chi connectivity index (χ4v) is 4.83. The number of aryl methyl sites for hydroxylation is 1. The highest BCUT2D eigenvalue weighted by molar-refractivity contribution is 7.92. The number of halogens is 1. The highest BCUT2D eigenvalue weighted by Crippen LogP contribution is 2.25. The molecule has 0 atom stereocenters. The average molecular weight is 499 g/mol. The zero-order chi connectivity index (χ0) is 25.4. The molecular weight excluding hydrogens is 471 g/mol. The second-order valence-electron chi connectivity index (χ2n) is 7.88. The van der Waals surface area contributed by atoms with Gasteiger partial charge in [0.05, 0.1) is 16.1 Å². The Balaban J connectivity index is 1.72. The summed E-state index contributed by atoms with van der Waals surface area (Å²) in [5.74, 6) is -1.98. The second kappa shape index (κ2) is 11.6. The minimum Gasteiger partial charge on any atom is -0.452 e. The Hall–Kier alpha value is -3.72. The Bertz CT molecular complexity index is 1300. The van der Waals surface area contributed by atoms with E-state index in [1.807, 2.05) is 6.92 Å². The van der Waals surface area contributed by atoms with Crippen LogP contribution in [-0.4, -0.2) is 33.4 Å². The third-order valence-corrected chi connectivity index (χ3v) is 7.03. The molecule has 7 nitrogen and oxygen atoms in total. The first-order chi connectivity index (χ1) is 16.7. The van der Waals surface area contributed by atoms with E-state index in [1.54, 1.807) is 37.3 Å². The van der Waals surface area contributed by atoms with E-state index < -0.39 is 34.3 Å². The lowest BCUT2D eigenvalue weighted by Crippen LogP contribution is -2.32. The van der Waals surface area contributed by atoms with E-state index in [2.05, 4.69) is 5.32 Å². The van der Waals surface area contributed by atoms with Crippen molar-refractivity contribution in [2.24, 2.45) is 0 Å². The van der Waals surface area contributed by atoms with Crippen LogP contribution in [0.25, 0.3) is 0 Å². The molecule has 184 valence electrons. The molecule has 0 saturated carbocycles. The Morgan fingerprint density at radius 3 is 2.43 bits per heavy atom. The molecule has 1 N–H and O–H groups in total. The monoisotopic (exact) mass is 498 g/mol. The summed E-state index contributed by atoms with van der Waals surface area (Å²) in [5, 5.41) is 2.45. The maximum absolute atomic E-state index is 13.6. The fourth-order valence-electron chi connectivity index (χ4n) is 3.28. The van der Waals surface area contributed by atoms with Gasteiger partial charge in [0.15, 0.2) is 6.61 Å². The van der Waals surface area contributed by atoms with Crippen LogP contribution < -0.4 is 9.62 Å². The molecule has 9 heteroatoms. The summed E-state index contributed by atoms with van der Waals surface area (Å²) < 4.78 is 46.8. The summed E-state index contributed by atoms with van der Waals surface area (Å²) in [6.45, 7) is 3.24. The van der Waals surface area contributed by atoms with Gasteiger partial charge in [-0.15, -0.1) is 0 Å². The predicted octanol–water partition coefficient (Wildman–Crippen LogP) is 4.93. The molecule has 0 bridgehead atoms. The zero-order valence-electron chi connectivity index (χ0n) is 19.5. The van der Waals surface area contributed by atoms with Crippen LogP contribution in [0.15, 0.2) is 77.7 Å². The maximum atomic E-state index is 13.6. The normalized spacial score (nSPS) is 11.1. The molecule has 0 unspecified atom stereocenters. The third-order valence-electron chi connectivity index (χ3n) is 5.21. The lowest BCUT2D eigenvalue weighted by Gasteiger charge is -2.24. The van der Waals surface area contributed by atoms with Gasteiger partial charge in [0.25, 0.3) is 15.9 Å². The molecule has 0 aliphatic carbocycles. The number of amides is 1. The number of hydrogen-bond donors (Lipinski definition) is 1. The Kier molecular flexibility index (Phi) is 8.59. The van der Waals surface area contributed by atoms with Crippen molar-refractivity contribution < 1.29 is 27.1 Å². The SMILES string of the molecule is CCCCN(c1ccccc1)S(=O)(=O)c1cccc(C(=O)OCC(=O)Nc2ccc(C)c(F)c2)c1. The number of sulfonamides is 1. The maximum Gasteiger partial charge on any atom is 0.338 e. The summed E-state index contributed by atoms with van der Waals surface area (Å²) in [4.78, 5) is 24.6. The van der Waals surface area contributed by atoms with E-state index >= 15 is 0 Å². The van der Waals surface area contributed by atoms with Crippen LogP contribution in [-0.2, 0) is 19.6 Å². The summed E-state index contributed by atoms with van der Waals surface area (Å²) >= 11 is 0. The van der Waals surface area contributed by atoms with Gasteiger partial charge < -0.3 is 10.1 Å². The molecule has 3 aromatic carbocycles. The molecule has 0 radical (unpaired) electrons. The van der Waals surface area contributed by atoms with Gasteiger partial charge in [-0.25, -0.2) is 17.6 Å². The second-order valence-corrected chi connectivity index (χ2v) is 9.74. The zero-order valence-corrected chi connectivity index (χ0v) is 20.3. The fraction of sp³-hybridized carbons (Fsp3) is 0.231. The van der Waals surface area contributed by atoms with Gasteiger partial charge >= 0.3 is 5.97 Å². The van der Waals surface area contributed by atoms with Gasteiger partial charge in [-0.05, 0) is 61.4 Å². The van der Waals surface area contributed by atoms with Crippen LogP contribution in [0, 0.1) is 12.7 Å². The third kappa shape index (κ3) is 6.66. The first kappa shape index (κ1) is 25.9. The van der Waals surface area contributed by atoms with Crippen LogP contribution in [0.3, 0.4) is 0 Å². The first-order valence-corrected chi connectivity index (χ1v) is 12.6. The quantitative estimate of drug-likeness (QED) is 0.401. The van der Waals surface area contributed by atoms with Crippen molar-refractivity contribution in [3.05, 3.63) is 89.7 Å². The van der Waals surface area contributed by atoms with Gasteiger partial charge in [0.1, 0.15) is 5.82 Å². The molecule has 0 aliphatic heterocycles. The van der Waals surface area contributed by atoms with Crippen molar-refractivity contribution in [1.29, 1.82) is 0 Å². The van der Waals surface area contributed by atoms with E-state index in [-0.39, 0.29) is 22.7 Å². The number of esters is 1. The summed E-state index contributed by atoms with van der Waals surface area (Å²) in [6.07, 6.45) is 1.47. The number of ether oxygens (including phenoxy) is 1. The number of carbonyl (C=O) groups is 2. The minimum absolute atomic E-state index is 0.0104. The van der Waals surface area contributed by atoms with Crippen molar-refractivity contribution in [1.82, 2.24) is 0 Å². The summed E-state index contributed by atoms with van der Waals surface area (Å²) in [6, 6.07) is 18.5. The molecule has 0 heterocycles. The molecule has 3 aromatic rings. The lowest BCUT2D eigenvalue weighted by molar-refractivity contribution is -0.119. The molecule has 3 rings (SSSR count). The number of nitrogens with zero attached hydrogens (tertiary/aromatic N) is 1. The minimum atomic E-state index is -3.95. The van der Waals surface area contributed by atoms with Crippen molar-refractivity contribution in [3.63, 3.8) is 0 Å². The Labute approximate surface area is 204 Å². The number of carbonyl (C=O) groups excluding carboxylic acids is 2. The molecule has 0 aromatic heterocycles. The van der Waals surface area contributed by atoms with Crippen molar-refractivity contribution in [2.45, 2.75) is 31.6 Å². The van der Waals surface area contributed by atoms with Gasteiger partial charge in [-0.3, -0.25) is 9.10 Å². The predicted molar refractivity (Wildman–Crippen MR) is 132 cm³/mol. The van der Waals surface area contributed by atoms with Gasteiger partial charge in [0, 0.05) is 12.2 Å². The number of anilines is 2. The standard InChI is InChI=1S/C26H27FN2O5S/c1-3-4-15-29(22-10-6-5-7-11-22)35(32,33)23-12-8-9-20(16-23)26(31)34-18-25(30)28-21-14-13-19(2)24(27)17-21/h5-14,16-17H,3-4,15,18H2,1-2H3,(H,28,30). The van der Waals surface area contributed by atoms with Crippen LogP contribution in [0.1, 0.15) is 35.7 Å². The van der Waals surface area contributed by atoms with Gasteiger partial charge in [0.2, 0.25) is 0 Å². The number of benzene rings is 3. The Morgan fingerprint density at radius 2 is 1.74 bits per heavy atom. The van der Waals surface area contributed by atoms with Crippen LogP contribution >= 0.6 is 0 Å². The molecule has 0 spiro atoms. The molecule has 35 heavy (non-hydrogen) atoms. The average Bonchev–Trinajstić information content (AvgIpc) is 2.85. The van der Waals surface area contributed by atoms with E-state index in [9.17, 15) is 22.4 Å². The van der Waals surface area contributed by atoms with Crippen molar-refractivity contribution in [2.75, 3.05) is 22.8 Å². The van der Waals surface area contributed by atoms with Crippen molar-refractivity contribution >= 4 is 33.3 Å². The van der Waals surface area contributed by atoms with E-state index in [0.29, 0.717) is 17.7 Å². The molecule has 0 aliphatic rings. The van der Waals surface area contributed by atoms with Crippen LogP contribution in [0.4, 0.5) is 15.8 Å². The Morgan fingerprint density at radius 1 is 1.00 bits per heavy atom. The highest BCUT2D eigenvalue weighted by Gasteiger charge is 2.25. The number of hydrogen-bond acceptors (Lipinski definition) is 5. The number of rotatable bonds is 10. The van der Waals surface area contributed by atoms with Gasteiger partial charge in [-0.1, -0.05) is 43.7 Å².